The molecular formula is C16H23N3O2S. The minimum Gasteiger partial charge on any atom is -0.302 e. The van der Waals surface area contributed by atoms with Crippen molar-refractivity contribution in [3.63, 3.8) is 0 Å². The summed E-state index contributed by atoms with van der Waals surface area (Å²) in [6.45, 7) is 8.32. The summed E-state index contributed by atoms with van der Waals surface area (Å²) in [7, 11) is 0. The standard InChI is InChI=1S/C16H23N3O2S/c1-4-8-19-15(21)12(14(20)18-16(19)22)9-17-13-7-5-6-10(2)11(13)3/h4,9-13H,1,5-8H2,2-3H3,(H,18,20,22)/t10-,11+,12?,13-/m0/s1. The van der Waals surface area contributed by atoms with E-state index in [4.69, 9.17) is 12.2 Å². The van der Waals surface area contributed by atoms with Crippen LogP contribution >= 0.6 is 12.2 Å². The molecule has 2 amide bonds. The molecule has 1 aliphatic heterocycles. The van der Waals surface area contributed by atoms with Gasteiger partial charge in [-0.1, -0.05) is 32.8 Å². The van der Waals surface area contributed by atoms with Crippen LogP contribution in [0.2, 0.25) is 0 Å². The zero-order valence-electron chi connectivity index (χ0n) is 13.1. The van der Waals surface area contributed by atoms with E-state index >= 15 is 0 Å². The Kier molecular flexibility index (Phi) is 5.45. The number of carbonyl (C=O) groups excluding carboxylic acids is 2. The normalized spacial score (nSPS) is 33.2. The number of thiocarbonyl (C=S) groups is 1. The molecule has 1 unspecified atom stereocenters. The number of nitrogens with one attached hydrogen (secondary N) is 1. The van der Waals surface area contributed by atoms with Crippen LogP contribution < -0.4 is 5.32 Å². The van der Waals surface area contributed by atoms with Crippen LogP contribution in [0.4, 0.5) is 0 Å². The van der Waals surface area contributed by atoms with Gasteiger partial charge in [-0.2, -0.15) is 0 Å². The van der Waals surface area contributed by atoms with Gasteiger partial charge in [0.2, 0.25) is 11.8 Å². The molecule has 1 N–H and O–H groups in total. The van der Waals surface area contributed by atoms with Gasteiger partial charge in [0.25, 0.3) is 0 Å². The first kappa shape index (κ1) is 16.8. The highest BCUT2D eigenvalue weighted by atomic mass is 32.1. The summed E-state index contributed by atoms with van der Waals surface area (Å²) in [5.41, 5.74) is 0. The summed E-state index contributed by atoms with van der Waals surface area (Å²) in [6.07, 6.45) is 6.47. The smallest absolute Gasteiger partial charge is 0.247 e. The molecule has 0 spiro atoms. The molecular weight excluding hydrogens is 298 g/mol. The Bertz CT molecular complexity index is 518. The molecule has 0 aromatic heterocycles. The van der Waals surface area contributed by atoms with E-state index in [0.717, 1.165) is 12.8 Å². The van der Waals surface area contributed by atoms with E-state index in [-0.39, 0.29) is 17.1 Å². The van der Waals surface area contributed by atoms with Crippen LogP contribution in [0.5, 0.6) is 0 Å². The minimum absolute atomic E-state index is 0.138. The molecule has 0 bridgehead atoms. The number of carbonyl (C=O) groups is 2. The Balaban J connectivity index is 2.11. The second-order valence-corrected chi connectivity index (χ2v) is 6.53. The van der Waals surface area contributed by atoms with E-state index in [9.17, 15) is 9.59 Å². The number of rotatable bonds is 4. The van der Waals surface area contributed by atoms with Crippen LogP contribution in [-0.4, -0.2) is 40.6 Å². The van der Waals surface area contributed by atoms with E-state index < -0.39 is 11.8 Å². The summed E-state index contributed by atoms with van der Waals surface area (Å²) in [6, 6.07) is 0.186. The molecule has 0 aromatic rings. The van der Waals surface area contributed by atoms with Gasteiger partial charge in [-0.15, -0.1) is 6.58 Å². The maximum absolute atomic E-state index is 12.4. The van der Waals surface area contributed by atoms with E-state index in [2.05, 4.69) is 30.7 Å². The Labute approximate surface area is 136 Å². The van der Waals surface area contributed by atoms with Crippen LogP contribution in [0.1, 0.15) is 33.1 Å². The predicted molar refractivity (Wildman–Crippen MR) is 90.6 cm³/mol. The Morgan fingerprint density at radius 3 is 2.82 bits per heavy atom. The first-order chi connectivity index (χ1) is 10.5. The lowest BCUT2D eigenvalue weighted by molar-refractivity contribution is -0.137. The number of aliphatic imine (C=N–C) groups is 1. The van der Waals surface area contributed by atoms with Crippen molar-refractivity contribution in [2.75, 3.05) is 6.54 Å². The fourth-order valence-corrected chi connectivity index (χ4v) is 3.29. The van der Waals surface area contributed by atoms with E-state index in [1.54, 1.807) is 6.08 Å². The molecule has 2 fully saturated rings. The summed E-state index contributed by atoms with van der Waals surface area (Å²) in [5, 5.41) is 2.70. The van der Waals surface area contributed by atoms with Gasteiger partial charge in [0, 0.05) is 12.8 Å². The van der Waals surface area contributed by atoms with Crippen molar-refractivity contribution in [3.8, 4) is 0 Å². The summed E-state index contributed by atoms with van der Waals surface area (Å²) in [4.78, 5) is 30.3. The summed E-state index contributed by atoms with van der Waals surface area (Å²) < 4.78 is 0. The third-order valence-electron chi connectivity index (χ3n) is 4.69. The second kappa shape index (κ2) is 7.13. The van der Waals surface area contributed by atoms with Crippen molar-refractivity contribution < 1.29 is 9.59 Å². The van der Waals surface area contributed by atoms with E-state index in [0.29, 0.717) is 18.4 Å². The quantitative estimate of drug-likeness (QED) is 0.372. The summed E-state index contributed by atoms with van der Waals surface area (Å²) >= 11 is 5.02. The molecule has 22 heavy (non-hydrogen) atoms. The fourth-order valence-electron chi connectivity index (χ4n) is 3.03. The maximum atomic E-state index is 12.4. The average Bonchev–Trinajstić information content (AvgIpc) is 2.47. The Hall–Kier alpha value is -1.56. The lowest BCUT2D eigenvalue weighted by atomic mass is 9.78. The third-order valence-corrected chi connectivity index (χ3v) is 5.01. The first-order valence-electron chi connectivity index (χ1n) is 7.76. The number of amides is 2. The van der Waals surface area contributed by atoms with Gasteiger partial charge >= 0.3 is 0 Å². The SMILES string of the molecule is C=CCN1C(=O)C(C=N[C@H]2CCC[C@H](C)[C@H]2C)C(=O)NC1=S. The molecule has 1 saturated carbocycles. The van der Waals surface area contributed by atoms with Gasteiger partial charge in [0.1, 0.15) is 0 Å². The van der Waals surface area contributed by atoms with Crippen LogP contribution in [0.3, 0.4) is 0 Å². The maximum Gasteiger partial charge on any atom is 0.247 e. The highest BCUT2D eigenvalue weighted by Gasteiger charge is 2.37. The van der Waals surface area contributed by atoms with Gasteiger partial charge in [-0.3, -0.25) is 19.5 Å². The molecule has 2 rings (SSSR count). The molecule has 0 aromatic carbocycles. The molecule has 1 saturated heterocycles. The molecule has 6 heteroatoms. The predicted octanol–water partition coefficient (Wildman–Crippen LogP) is 1.93. The number of nitrogens with zero attached hydrogens (tertiary/aromatic N) is 2. The van der Waals surface area contributed by atoms with Crippen molar-refractivity contribution in [1.82, 2.24) is 10.2 Å². The minimum atomic E-state index is -0.893. The monoisotopic (exact) mass is 321 g/mol. The molecule has 4 atom stereocenters. The largest absolute Gasteiger partial charge is 0.302 e. The molecule has 1 aliphatic carbocycles. The van der Waals surface area contributed by atoms with Crippen molar-refractivity contribution in [2.45, 2.75) is 39.2 Å². The van der Waals surface area contributed by atoms with Crippen LogP contribution in [0.25, 0.3) is 0 Å². The topological polar surface area (TPSA) is 61.8 Å². The lowest BCUT2D eigenvalue weighted by Crippen LogP contribution is -2.58. The highest BCUT2D eigenvalue weighted by Crippen LogP contribution is 2.31. The molecule has 0 radical (unpaired) electrons. The lowest BCUT2D eigenvalue weighted by Gasteiger charge is -2.33. The molecule has 2 aliphatic rings. The average molecular weight is 321 g/mol. The third kappa shape index (κ3) is 3.43. The molecule has 1 heterocycles. The van der Waals surface area contributed by atoms with Crippen molar-refractivity contribution in [3.05, 3.63) is 12.7 Å². The van der Waals surface area contributed by atoms with Gasteiger partial charge in [-0.25, -0.2) is 0 Å². The van der Waals surface area contributed by atoms with Crippen LogP contribution in [0, 0.1) is 17.8 Å². The Morgan fingerprint density at radius 2 is 2.14 bits per heavy atom. The first-order valence-corrected chi connectivity index (χ1v) is 8.17. The van der Waals surface area contributed by atoms with Crippen LogP contribution in [-0.2, 0) is 9.59 Å². The zero-order valence-corrected chi connectivity index (χ0v) is 13.9. The van der Waals surface area contributed by atoms with Gasteiger partial charge < -0.3 is 5.32 Å². The van der Waals surface area contributed by atoms with E-state index in [1.807, 2.05) is 0 Å². The summed E-state index contributed by atoms with van der Waals surface area (Å²) in [5.74, 6) is -0.519. The highest BCUT2D eigenvalue weighted by molar-refractivity contribution is 7.80. The van der Waals surface area contributed by atoms with Crippen molar-refractivity contribution in [1.29, 1.82) is 0 Å². The molecule has 5 nitrogen and oxygen atoms in total. The van der Waals surface area contributed by atoms with Gasteiger partial charge in [0.05, 0.1) is 6.04 Å². The van der Waals surface area contributed by atoms with Crippen molar-refractivity contribution in [2.24, 2.45) is 22.7 Å². The fraction of sp³-hybridized carbons (Fsp3) is 0.625. The van der Waals surface area contributed by atoms with E-state index in [1.165, 1.54) is 17.5 Å². The van der Waals surface area contributed by atoms with Gasteiger partial charge in [0.15, 0.2) is 11.0 Å². The Morgan fingerprint density at radius 1 is 1.41 bits per heavy atom. The number of hydrogen-bond acceptors (Lipinski definition) is 4. The molecule has 120 valence electrons. The van der Waals surface area contributed by atoms with Gasteiger partial charge in [-0.05, 0) is 30.5 Å². The number of hydrogen-bond donors (Lipinski definition) is 1. The zero-order chi connectivity index (χ0) is 16.3. The second-order valence-electron chi connectivity index (χ2n) is 6.14. The van der Waals surface area contributed by atoms with Crippen LogP contribution in [0.15, 0.2) is 17.6 Å². The van der Waals surface area contributed by atoms with Crippen molar-refractivity contribution >= 4 is 35.4 Å².